The molecule has 2 aliphatic heterocycles. The first-order valence-corrected chi connectivity index (χ1v) is 8.17. The lowest BCUT2D eigenvalue weighted by molar-refractivity contribution is -0.176. The lowest BCUT2D eigenvalue weighted by atomic mass is 9.78. The molecule has 126 valence electrons. The van der Waals surface area contributed by atoms with E-state index < -0.39 is 0 Å². The maximum Gasteiger partial charge on any atom is 0.275 e. The maximum atomic E-state index is 12.6. The third kappa shape index (κ3) is 2.23. The van der Waals surface area contributed by atoms with Crippen LogP contribution >= 0.6 is 0 Å². The molecule has 7 heteroatoms. The van der Waals surface area contributed by atoms with E-state index in [4.69, 9.17) is 4.74 Å². The molecule has 24 heavy (non-hydrogen) atoms. The molecule has 0 unspecified atom stereocenters. The zero-order valence-corrected chi connectivity index (χ0v) is 14.1. The second-order valence-electron chi connectivity index (χ2n) is 7.27. The molecular weight excluding hydrogens is 308 g/mol. The number of carbonyl (C=O) groups is 1. The van der Waals surface area contributed by atoms with Gasteiger partial charge in [0.25, 0.3) is 11.5 Å². The summed E-state index contributed by atoms with van der Waals surface area (Å²) in [5, 5.41) is 4.40. The topological polar surface area (TPSA) is 76.8 Å². The van der Waals surface area contributed by atoms with Gasteiger partial charge in [-0.25, -0.2) is 4.98 Å². The molecule has 2 fully saturated rings. The van der Waals surface area contributed by atoms with Gasteiger partial charge in [-0.3, -0.25) is 9.59 Å². The first-order chi connectivity index (χ1) is 11.4. The summed E-state index contributed by atoms with van der Waals surface area (Å²) in [5.74, 6) is 0.0160. The van der Waals surface area contributed by atoms with Gasteiger partial charge in [-0.1, -0.05) is 13.8 Å². The normalized spacial score (nSPS) is 18.8. The van der Waals surface area contributed by atoms with Crippen LogP contribution in [0.25, 0.3) is 5.65 Å². The Kier molecular flexibility index (Phi) is 3.25. The molecule has 2 aliphatic rings. The molecule has 0 saturated carbocycles. The minimum absolute atomic E-state index is 0.145. The number of aryl methyl sites for hydroxylation is 1. The fourth-order valence-electron chi connectivity index (χ4n) is 3.46. The zero-order valence-electron chi connectivity index (χ0n) is 14.1. The highest BCUT2D eigenvalue weighted by Crippen LogP contribution is 2.37. The number of rotatable bonds is 2. The SMILES string of the molecule is Cc1cc2nc(C(=O)N3CC4(COC4)C3)cc(=O)n2nc1C(C)C. The number of nitrogens with zero attached hydrogens (tertiary/aromatic N) is 4. The summed E-state index contributed by atoms with van der Waals surface area (Å²) in [6.45, 7) is 8.78. The van der Waals surface area contributed by atoms with Crippen molar-refractivity contribution in [3.8, 4) is 0 Å². The summed E-state index contributed by atoms with van der Waals surface area (Å²) < 4.78 is 6.49. The number of likely N-dealkylation sites (tertiary alicyclic amines) is 1. The molecule has 0 N–H and O–H groups in total. The van der Waals surface area contributed by atoms with Crippen LogP contribution in [0.5, 0.6) is 0 Å². The lowest BCUT2D eigenvalue weighted by Crippen LogP contribution is -2.67. The van der Waals surface area contributed by atoms with Gasteiger partial charge in [0.05, 0.1) is 24.3 Å². The molecule has 0 aromatic carbocycles. The molecule has 1 spiro atoms. The second kappa shape index (κ2) is 5.11. The van der Waals surface area contributed by atoms with Gasteiger partial charge in [0, 0.05) is 19.2 Å². The molecule has 0 aliphatic carbocycles. The Morgan fingerprint density at radius 1 is 1.29 bits per heavy atom. The van der Waals surface area contributed by atoms with Crippen LogP contribution in [0.15, 0.2) is 16.9 Å². The molecule has 7 nitrogen and oxygen atoms in total. The monoisotopic (exact) mass is 328 g/mol. The van der Waals surface area contributed by atoms with E-state index in [1.807, 2.05) is 26.8 Å². The number of ether oxygens (including phenoxy) is 1. The van der Waals surface area contributed by atoms with E-state index in [9.17, 15) is 9.59 Å². The van der Waals surface area contributed by atoms with Crippen molar-refractivity contribution in [3.63, 3.8) is 0 Å². The van der Waals surface area contributed by atoms with Crippen molar-refractivity contribution in [1.82, 2.24) is 19.5 Å². The minimum atomic E-state index is -0.326. The van der Waals surface area contributed by atoms with Gasteiger partial charge in [0.15, 0.2) is 5.65 Å². The van der Waals surface area contributed by atoms with Gasteiger partial charge < -0.3 is 9.64 Å². The average Bonchev–Trinajstić information content (AvgIpc) is 2.42. The summed E-state index contributed by atoms with van der Waals surface area (Å²) in [7, 11) is 0. The quantitative estimate of drug-likeness (QED) is 0.822. The van der Waals surface area contributed by atoms with E-state index in [2.05, 4.69) is 10.1 Å². The van der Waals surface area contributed by atoms with E-state index in [0.29, 0.717) is 32.0 Å². The fraction of sp³-hybridized carbons (Fsp3) is 0.529. The Hall–Kier alpha value is -2.28. The first kappa shape index (κ1) is 15.3. The predicted octanol–water partition coefficient (Wildman–Crippen LogP) is 0.994. The van der Waals surface area contributed by atoms with Gasteiger partial charge in [0.2, 0.25) is 0 Å². The van der Waals surface area contributed by atoms with Gasteiger partial charge in [-0.2, -0.15) is 9.61 Å². The van der Waals surface area contributed by atoms with Gasteiger partial charge >= 0.3 is 0 Å². The number of fused-ring (bicyclic) bond motifs is 1. The summed E-state index contributed by atoms with van der Waals surface area (Å²) in [5.41, 5.74) is 2.25. The summed E-state index contributed by atoms with van der Waals surface area (Å²) in [6, 6.07) is 3.10. The van der Waals surface area contributed by atoms with E-state index in [-0.39, 0.29) is 28.5 Å². The van der Waals surface area contributed by atoms with Crippen LogP contribution in [-0.2, 0) is 4.74 Å². The molecular formula is C17H20N4O3. The number of hydrogen-bond acceptors (Lipinski definition) is 5. The van der Waals surface area contributed by atoms with E-state index in [0.717, 1.165) is 11.3 Å². The predicted molar refractivity (Wildman–Crippen MR) is 87.2 cm³/mol. The molecule has 4 rings (SSSR count). The van der Waals surface area contributed by atoms with Crippen molar-refractivity contribution < 1.29 is 9.53 Å². The Labute approximate surface area is 139 Å². The number of carbonyl (C=O) groups excluding carboxylic acids is 1. The largest absolute Gasteiger partial charge is 0.380 e. The van der Waals surface area contributed by atoms with Crippen LogP contribution in [-0.4, -0.2) is 51.7 Å². The van der Waals surface area contributed by atoms with Crippen LogP contribution in [0.3, 0.4) is 0 Å². The lowest BCUT2D eigenvalue weighted by Gasteiger charge is -2.54. The average molecular weight is 328 g/mol. The number of aromatic nitrogens is 3. The fourth-order valence-corrected chi connectivity index (χ4v) is 3.46. The molecule has 2 saturated heterocycles. The van der Waals surface area contributed by atoms with Crippen molar-refractivity contribution in [1.29, 1.82) is 0 Å². The third-order valence-electron chi connectivity index (χ3n) is 4.80. The van der Waals surface area contributed by atoms with Crippen molar-refractivity contribution in [2.45, 2.75) is 26.7 Å². The van der Waals surface area contributed by atoms with E-state index in [1.54, 1.807) is 4.90 Å². The van der Waals surface area contributed by atoms with Crippen LogP contribution in [0, 0.1) is 12.3 Å². The third-order valence-corrected chi connectivity index (χ3v) is 4.80. The zero-order chi connectivity index (χ0) is 17.1. The second-order valence-corrected chi connectivity index (χ2v) is 7.27. The van der Waals surface area contributed by atoms with Crippen LogP contribution in [0.4, 0.5) is 0 Å². The van der Waals surface area contributed by atoms with Crippen molar-refractivity contribution >= 4 is 11.6 Å². The van der Waals surface area contributed by atoms with Crippen molar-refractivity contribution in [3.05, 3.63) is 39.4 Å². The Balaban J connectivity index is 1.69. The Morgan fingerprint density at radius 2 is 2.00 bits per heavy atom. The Morgan fingerprint density at radius 3 is 2.58 bits per heavy atom. The summed E-state index contributed by atoms with van der Waals surface area (Å²) in [4.78, 5) is 31.0. The standard InChI is InChI=1S/C17H20N4O3/c1-10(2)15-11(3)4-13-18-12(5-14(22)21(13)19-15)16(23)20-6-17(7-20)8-24-9-17/h4-5,10H,6-9H2,1-3H3. The van der Waals surface area contributed by atoms with E-state index >= 15 is 0 Å². The molecule has 2 aromatic heterocycles. The van der Waals surface area contributed by atoms with Crippen LogP contribution in [0.2, 0.25) is 0 Å². The van der Waals surface area contributed by atoms with E-state index in [1.165, 1.54) is 10.6 Å². The summed E-state index contributed by atoms with van der Waals surface area (Å²) in [6.07, 6.45) is 0. The molecule has 0 radical (unpaired) electrons. The minimum Gasteiger partial charge on any atom is -0.380 e. The molecule has 1 amide bonds. The molecule has 2 aromatic rings. The number of hydrogen-bond donors (Lipinski definition) is 0. The van der Waals surface area contributed by atoms with Crippen molar-refractivity contribution in [2.75, 3.05) is 26.3 Å². The van der Waals surface area contributed by atoms with Gasteiger partial charge in [-0.05, 0) is 24.5 Å². The van der Waals surface area contributed by atoms with Crippen LogP contribution < -0.4 is 5.56 Å². The molecule has 0 bridgehead atoms. The maximum absolute atomic E-state index is 12.6. The summed E-state index contributed by atoms with van der Waals surface area (Å²) >= 11 is 0. The van der Waals surface area contributed by atoms with Gasteiger partial charge in [0.1, 0.15) is 5.69 Å². The van der Waals surface area contributed by atoms with Crippen LogP contribution in [0.1, 0.15) is 41.5 Å². The first-order valence-electron chi connectivity index (χ1n) is 8.17. The van der Waals surface area contributed by atoms with Gasteiger partial charge in [-0.15, -0.1) is 0 Å². The molecule has 0 atom stereocenters. The Bertz CT molecular complexity index is 891. The highest BCUT2D eigenvalue weighted by molar-refractivity contribution is 5.93. The highest BCUT2D eigenvalue weighted by Gasteiger charge is 2.51. The molecule has 4 heterocycles. The van der Waals surface area contributed by atoms with Crippen molar-refractivity contribution in [2.24, 2.45) is 5.41 Å². The smallest absolute Gasteiger partial charge is 0.275 e. The number of amides is 1. The highest BCUT2D eigenvalue weighted by atomic mass is 16.5.